The topological polar surface area (TPSA) is 70.4 Å². The van der Waals surface area contributed by atoms with Crippen LogP contribution in [0, 0.1) is 13.8 Å². The third-order valence-corrected chi connectivity index (χ3v) is 6.44. The van der Waals surface area contributed by atoms with Crippen LogP contribution in [0.3, 0.4) is 0 Å². The number of pyridine rings is 1. The molecule has 166 valence electrons. The van der Waals surface area contributed by atoms with Gasteiger partial charge in [-0.25, -0.2) is 4.79 Å². The van der Waals surface area contributed by atoms with Crippen LogP contribution in [0.4, 0.5) is 0 Å². The van der Waals surface area contributed by atoms with Crippen molar-refractivity contribution in [2.24, 2.45) is 0 Å². The molecule has 1 aliphatic heterocycles. The number of aryl methyl sites for hydroxylation is 1. The van der Waals surface area contributed by atoms with Crippen LogP contribution >= 0.6 is 12.2 Å². The summed E-state index contributed by atoms with van der Waals surface area (Å²) in [6.07, 6.45) is 3.94. The summed E-state index contributed by atoms with van der Waals surface area (Å²) in [7, 11) is 0. The quantitative estimate of drug-likeness (QED) is 0.498. The highest BCUT2D eigenvalue weighted by Crippen LogP contribution is 2.41. The lowest BCUT2D eigenvalue weighted by Crippen LogP contribution is -2.30. The van der Waals surface area contributed by atoms with Crippen molar-refractivity contribution in [3.63, 3.8) is 0 Å². The molecule has 0 saturated carbocycles. The van der Waals surface area contributed by atoms with Crippen LogP contribution < -0.4 is 5.32 Å². The van der Waals surface area contributed by atoms with Crippen molar-refractivity contribution >= 4 is 23.3 Å². The molecule has 1 saturated heterocycles. The minimum absolute atomic E-state index is 0.00607. The molecule has 1 fully saturated rings. The van der Waals surface area contributed by atoms with Crippen LogP contribution in [0.2, 0.25) is 0 Å². The summed E-state index contributed by atoms with van der Waals surface area (Å²) in [4.78, 5) is 18.4. The summed E-state index contributed by atoms with van der Waals surface area (Å²) in [6.45, 7) is 7.19. The van der Waals surface area contributed by atoms with E-state index >= 15 is 0 Å². The van der Waals surface area contributed by atoms with Crippen LogP contribution in [0.1, 0.15) is 64.9 Å². The summed E-state index contributed by atoms with van der Waals surface area (Å²) in [5.74, 6) is -0.930. The van der Waals surface area contributed by atoms with Gasteiger partial charge in [-0.3, -0.25) is 4.98 Å². The SMILES string of the molecule is CCCCN1C(=S)N[C@H](c2ccccn2)[C@H]1c1cc(C)n(-c2cccc(C(=O)O)c2)c1C. The number of rotatable bonds is 7. The molecule has 6 nitrogen and oxygen atoms in total. The highest BCUT2D eigenvalue weighted by atomic mass is 32.1. The van der Waals surface area contributed by atoms with Gasteiger partial charge in [-0.05, 0) is 74.4 Å². The number of hydrogen-bond acceptors (Lipinski definition) is 3. The van der Waals surface area contributed by atoms with E-state index in [1.807, 2.05) is 30.5 Å². The molecule has 3 aromatic rings. The van der Waals surface area contributed by atoms with E-state index in [9.17, 15) is 9.90 Å². The van der Waals surface area contributed by atoms with Crippen molar-refractivity contribution in [2.45, 2.75) is 45.7 Å². The summed E-state index contributed by atoms with van der Waals surface area (Å²) in [5, 5.41) is 13.7. The summed E-state index contributed by atoms with van der Waals surface area (Å²) >= 11 is 5.75. The van der Waals surface area contributed by atoms with Crippen molar-refractivity contribution in [2.75, 3.05) is 6.54 Å². The van der Waals surface area contributed by atoms with Crippen LogP contribution in [0.25, 0.3) is 5.69 Å². The number of carbonyl (C=O) groups is 1. The predicted molar refractivity (Wildman–Crippen MR) is 129 cm³/mol. The lowest BCUT2D eigenvalue weighted by molar-refractivity contribution is 0.0697. The zero-order valence-corrected chi connectivity index (χ0v) is 19.4. The Bertz CT molecular complexity index is 1140. The molecular weight excluding hydrogens is 420 g/mol. The number of carboxylic acid groups (broad SMARTS) is 1. The summed E-state index contributed by atoms with van der Waals surface area (Å²) in [5.41, 5.74) is 5.36. The molecule has 3 heterocycles. The number of nitrogens with one attached hydrogen (secondary N) is 1. The van der Waals surface area contributed by atoms with Gasteiger partial charge in [0.25, 0.3) is 0 Å². The Labute approximate surface area is 193 Å². The largest absolute Gasteiger partial charge is 0.478 e. The van der Waals surface area contributed by atoms with E-state index in [-0.39, 0.29) is 17.6 Å². The highest BCUT2D eigenvalue weighted by Gasteiger charge is 2.41. The number of unbranched alkanes of at least 4 members (excludes halogenated alkanes) is 1. The molecular formula is C25H28N4O2S. The maximum absolute atomic E-state index is 11.5. The maximum atomic E-state index is 11.5. The van der Waals surface area contributed by atoms with E-state index in [4.69, 9.17) is 12.2 Å². The van der Waals surface area contributed by atoms with Crippen molar-refractivity contribution < 1.29 is 9.90 Å². The molecule has 0 bridgehead atoms. The van der Waals surface area contributed by atoms with Crippen molar-refractivity contribution in [1.82, 2.24) is 19.8 Å². The molecule has 0 radical (unpaired) electrons. The molecule has 4 rings (SSSR count). The fraction of sp³-hybridized carbons (Fsp3) is 0.320. The van der Waals surface area contributed by atoms with Crippen molar-refractivity contribution in [3.8, 4) is 5.69 Å². The van der Waals surface area contributed by atoms with E-state index in [0.717, 1.165) is 47.3 Å². The number of thiocarbonyl (C=S) groups is 1. The maximum Gasteiger partial charge on any atom is 0.335 e. The van der Waals surface area contributed by atoms with Crippen molar-refractivity contribution in [3.05, 3.63) is 82.9 Å². The normalized spacial score (nSPS) is 18.1. The Hall–Kier alpha value is -3.19. The fourth-order valence-corrected chi connectivity index (χ4v) is 4.91. The van der Waals surface area contributed by atoms with E-state index in [0.29, 0.717) is 0 Å². The average molecular weight is 449 g/mol. The first kappa shape index (κ1) is 22.0. The predicted octanol–water partition coefficient (Wildman–Crippen LogP) is 4.96. The molecule has 2 aromatic heterocycles. The highest BCUT2D eigenvalue weighted by molar-refractivity contribution is 7.80. The van der Waals surface area contributed by atoms with Gasteiger partial charge in [-0.15, -0.1) is 0 Å². The van der Waals surface area contributed by atoms with Gasteiger partial charge in [0.2, 0.25) is 0 Å². The molecule has 2 N–H and O–H groups in total. The van der Waals surface area contributed by atoms with E-state index < -0.39 is 5.97 Å². The fourth-order valence-electron chi connectivity index (χ4n) is 4.58. The lowest BCUT2D eigenvalue weighted by atomic mass is 9.96. The molecule has 0 aliphatic carbocycles. The molecule has 7 heteroatoms. The molecule has 32 heavy (non-hydrogen) atoms. The number of carboxylic acids is 1. The first-order chi connectivity index (χ1) is 15.4. The van der Waals surface area contributed by atoms with Crippen molar-refractivity contribution in [1.29, 1.82) is 0 Å². The van der Waals surface area contributed by atoms with Crippen LogP contribution in [0.5, 0.6) is 0 Å². The molecule has 2 atom stereocenters. The molecule has 0 unspecified atom stereocenters. The van der Waals surface area contributed by atoms with Gasteiger partial charge in [-0.1, -0.05) is 25.5 Å². The second-order valence-corrected chi connectivity index (χ2v) is 8.58. The number of benzene rings is 1. The van der Waals surface area contributed by atoms with Crippen LogP contribution in [-0.2, 0) is 0 Å². The third-order valence-electron chi connectivity index (χ3n) is 6.09. The zero-order valence-electron chi connectivity index (χ0n) is 18.6. The number of aromatic carboxylic acids is 1. The monoisotopic (exact) mass is 448 g/mol. The summed E-state index contributed by atoms with van der Waals surface area (Å²) < 4.78 is 2.12. The second kappa shape index (κ2) is 9.12. The standard InChI is InChI=1S/C25H28N4O2S/c1-4-5-13-28-23(22(27-25(28)32)21-11-6-7-12-26-21)20-14-16(2)29(17(20)3)19-10-8-9-18(15-19)24(30)31/h6-12,14-15,22-23H,4-5,13H2,1-3H3,(H,27,32)(H,30,31)/t22-,23-/m1/s1. The third kappa shape index (κ3) is 4.00. The Morgan fingerprint density at radius 1 is 1.19 bits per heavy atom. The lowest BCUT2D eigenvalue weighted by Gasteiger charge is -2.28. The van der Waals surface area contributed by atoms with Gasteiger partial charge in [0.1, 0.15) is 0 Å². The molecule has 1 aromatic carbocycles. The van der Waals surface area contributed by atoms with Gasteiger partial charge in [-0.2, -0.15) is 0 Å². The Morgan fingerprint density at radius 3 is 2.69 bits per heavy atom. The first-order valence-corrected chi connectivity index (χ1v) is 11.3. The Kier molecular flexibility index (Phi) is 6.28. The first-order valence-electron chi connectivity index (χ1n) is 10.9. The van der Waals surface area contributed by atoms with Gasteiger partial charge >= 0.3 is 5.97 Å². The minimum Gasteiger partial charge on any atom is -0.478 e. The molecule has 1 aliphatic rings. The Morgan fingerprint density at radius 2 is 2.00 bits per heavy atom. The number of hydrogen-bond donors (Lipinski definition) is 2. The number of nitrogens with zero attached hydrogens (tertiary/aromatic N) is 3. The van der Waals surface area contributed by atoms with Gasteiger partial charge < -0.3 is 19.9 Å². The smallest absolute Gasteiger partial charge is 0.335 e. The van der Waals surface area contributed by atoms with E-state index in [2.05, 4.69) is 46.6 Å². The van der Waals surface area contributed by atoms with Gasteiger partial charge in [0.15, 0.2) is 5.11 Å². The Balaban J connectivity index is 1.82. The number of aromatic nitrogens is 2. The van der Waals surface area contributed by atoms with Gasteiger partial charge in [0.05, 0.1) is 23.3 Å². The van der Waals surface area contributed by atoms with E-state index in [1.165, 1.54) is 5.56 Å². The van der Waals surface area contributed by atoms with Gasteiger partial charge in [0, 0.05) is 29.8 Å². The van der Waals surface area contributed by atoms with Crippen LogP contribution in [-0.4, -0.2) is 37.2 Å². The van der Waals surface area contributed by atoms with Crippen LogP contribution in [0.15, 0.2) is 54.7 Å². The minimum atomic E-state index is -0.930. The molecule has 0 amide bonds. The summed E-state index contributed by atoms with van der Waals surface area (Å²) in [6, 6.07) is 15.2. The molecule has 0 spiro atoms. The second-order valence-electron chi connectivity index (χ2n) is 8.19. The zero-order chi connectivity index (χ0) is 22.8. The average Bonchev–Trinajstić information content (AvgIpc) is 3.27. The van der Waals surface area contributed by atoms with E-state index in [1.54, 1.807) is 18.2 Å².